The summed E-state index contributed by atoms with van der Waals surface area (Å²) in [5, 5.41) is 15.9. The van der Waals surface area contributed by atoms with Gasteiger partial charge in [-0.25, -0.2) is 0 Å². The Kier molecular flexibility index (Phi) is 13.8. The molecular weight excluding hydrogens is 344 g/mol. The summed E-state index contributed by atoms with van der Waals surface area (Å²) in [6.07, 6.45) is 2.66. The van der Waals surface area contributed by atoms with E-state index in [-0.39, 0.29) is 54.2 Å². The average Bonchev–Trinajstić information content (AvgIpc) is 2.60. The fraction of sp³-hybridized carbons (Fsp3) is 0.905. The first kappa shape index (κ1) is 26.2. The van der Waals surface area contributed by atoms with E-state index in [4.69, 9.17) is 4.74 Å². The van der Waals surface area contributed by atoms with Crippen LogP contribution < -0.4 is 10.6 Å². The highest BCUT2D eigenvalue weighted by Gasteiger charge is 2.26. The van der Waals surface area contributed by atoms with E-state index in [2.05, 4.69) is 17.6 Å². The molecule has 6 nitrogen and oxygen atoms in total. The second kappa shape index (κ2) is 14.2. The van der Waals surface area contributed by atoms with Gasteiger partial charge >= 0.3 is 0 Å². The van der Waals surface area contributed by atoms with Crippen LogP contribution in [0.4, 0.5) is 0 Å². The standard InChI is InChI=1S/C21H42N2O4/c1-14(2)20(25)19(11-13-27-7)23-17(6)9-8-16(5)21(26)18(10-12-24)22-15(3)4/h14-19,22-24H,8-13H2,1-7H3/t16?,17?,18-,19-/m0/s1. The minimum atomic E-state index is -0.301. The van der Waals surface area contributed by atoms with E-state index < -0.39 is 0 Å². The van der Waals surface area contributed by atoms with Crippen molar-refractivity contribution < 1.29 is 19.4 Å². The second-order valence-electron chi connectivity index (χ2n) is 8.23. The van der Waals surface area contributed by atoms with E-state index in [0.29, 0.717) is 19.4 Å². The quantitative estimate of drug-likeness (QED) is 0.377. The molecule has 0 fully saturated rings. The number of Topliss-reactive ketones (excluding diaryl/α,β-unsaturated/α-hetero) is 2. The third kappa shape index (κ3) is 10.9. The summed E-state index contributed by atoms with van der Waals surface area (Å²) in [5.74, 6) is 0.245. The molecule has 160 valence electrons. The van der Waals surface area contributed by atoms with Gasteiger partial charge in [-0.15, -0.1) is 0 Å². The molecule has 6 heteroatoms. The molecule has 4 atom stereocenters. The van der Waals surface area contributed by atoms with Gasteiger partial charge < -0.3 is 20.5 Å². The molecule has 3 N–H and O–H groups in total. The number of ketones is 2. The monoisotopic (exact) mass is 386 g/mol. The number of aliphatic hydroxyl groups is 1. The summed E-state index contributed by atoms with van der Waals surface area (Å²) in [6.45, 7) is 12.4. The predicted octanol–water partition coefficient (Wildman–Crippen LogP) is 2.33. The normalized spacial score (nSPS) is 16.4. The first-order valence-corrected chi connectivity index (χ1v) is 10.3. The first-order valence-electron chi connectivity index (χ1n) is 10.3. The summed E-state index contributed by atoms with van der Waals surface area (Å²) < 4.78 is 5.13. The van der Waals surface area contributed by atoms with Crippen LogP contribution in [0.3, 0.4) is 0 Å². The van der Waals surface area contributed by atoms with Gasteiger partial charge in [0, 0.05) is 44.2 Å². The van der Waals surface area contributed by atoms with Crippen LogP contribution in [-0.2, 0) is 14.3 Å². The smallest absolute Gasteiger partial charge is 0.152 e. The zero-order valence-electron chi connectivity index (χ0n) is 18.4. The topological polar surface area (TPSA) is 87.7 Å². The number of hydrogen-bond donors (Lipinski definition) is 3. The van der Waals surface area contributed by atoms with Gasteiger partial charge in [0.1, 0.15) is 0 Å². The second-order valence-corrected chi connectivity index (χ2v) is 8.23. The number of ether oxygens (including phenoxy) is 1. The van der Waals surface area contributed by atoms with Crippen LogP contribution in [0.25, 0.3) is 0 Å². The molecule has 0 aromatic carbocycles. The van der Waals surface area contributed by atoms with E-state index in [1.165, 1.54) is 0 Å². The van der Waals surface area contributed by atoms with Crippen molar-refractivity contribution in [2.45, 2.75) is 91.4 Å². The lowest BCUT2D eigenvalue weighted by molar-refractivity contribution is -0.126. The lowest BCUT2D eigenvalue weighted by atomic mass is 9.91. The van der Waals surface area contributed by atoms with Crippen molar-refractivity contribution in [3.05, 3.63) is 0 Å². The summed E-state index contributed by atoms with van der Waals surface area (Å²) >= 11 is 0. The molecule has 0 bridgehead atoms. The van der Waals surface area contributed by atoms with Crippen molar-refractivity contribution in [1.29, 1.82) is 0 Å². The molecule has 0 aliphatic carbocycles. The molecule has 0 saturated carbocycles. The van der Waals surface area contributed by atoms with Crippen molar-refractivity contribution in [2.24, 2.45) is 11.8 Å². The number of aliphatic hydroxyl groups excluding tert-OH is 1. The Labute approximate surface area is 165 Å². The number of hydrogen-bond acceptors (Lipinski definition) is 6. The molecule has 0 spiro atoms. The summed E-state index contributed by atoms with van der Waals surface area (Å²) in [6, 6.07) is -0.179. The van der Waals surface area contributed by atoms with Gasteiger partial charge in [-0.3, -0.25) is 9.59 Å². The Morgan fingerprint density at radius 1 is 0.852 bits per heavy atom. The van der Waals surface area contributed by atoms with Crippen LogP contribution in [0.1, 0.15) is 67.2 Å². The van der Waals surface area contributed by atoms with Gasteiger partial charge in [0.05, 0.1) is 12.1 Å². The van der Waals surface area contributed by atoms with E-state index >= 15 is 0 Å². The number of rotatable bonds is 16. The number of methoxy groups -OCH3 is 1. The molecule has 0 aromatic heterocycles. The third-order valence-electron chi connectivity index (χ3n) is 4.82. The lowest BCUT2D eigenvalue weighted by Gasteiger charge is -2.26. The summed E-state index contributed by atoms with van der Waals surface area (Å²) in [5.41, 5.74) is 0. The van der Waals surface area contributed by atoms with Gasteiger partial charge in [-0.05, 0) is 32.6 Å². The molecule has 0 rings (SSSR count). The molecule has 0 amide bonds. The van der Waals surface area contributed by atoms with Gasteiger partial charge in [0.2, 0.25) is 0 Å². The third-order valence-corrected chi connectivity index (χ3v) is 4.82. The molecular formula is C21H42N2O4. The van der Waals surface area contributed by atoms with E-state index in [1.54, 1.807) is 7.11 Å². The predicted molar refractivity (Wildman–Crippen MR) is 110 cm³/mol. The molecule has 0 aromatic rings. The maximum absolute atomic E-state index is 12.7. The molecule has 0 aliphatic heterocycles. The molecule has 0 heterocycles. The number of nitrogens with one attached hydrogen (secondary N) is 2. The van der Waals surface area contributed by atoms with Gasteiger partial charge in [0.15, 0.2) is 11.6 Å². The Morgan fingerprint density at radius 3 is 1.93 bits per heavy atom. The van der Waals surface area contributed by atoms with Crippen LogP contribution in [0.15, 0.2) is 0 Å². The summed E-state index contributed by atoms with van der Waals surface area (Å²) in [4.78, 5) is 25.1. The van der Waals surface area contributed by atoms with E-state index in [1.807, 2.05) is 34.6 Å². The SMILES string of the molecule is COCC[C@H](NC(C)CCC(C)C(=O)[C@H](CCO)NC(C)C)C(=O)C(C)C. The highest BCUT2D eigenvalue weighted by Crippen LogP contribution is 2.15. The van der Waals surface area contributed by atoms with Crippen molar-refractivity contribution in [2.75, 3.05) is 20.3 Å². The van der Waals surface area contributed by atoms with Crippen LogP contribution in [-0.4, -0.2) is 61.2 Å². The van der Waals surface area contributed by atoms with E-state index in [0.717, 1.165) is 12.8 Å². The molecule has 0 radical (unpaired) electrons. The Balaban J connectivity index is 4.63. The van der Waals surface area contributed by atoms with Crippen molar-refractivity contribution in [3.8, 4) is 0 Å². The Morgan fingerprint density at radius 2 is 1.44 bits per heavy atom. The van der Waals surface area contributed by atoms with Crippen LogP contribution in [0.2, 0.25) is 0 Å². The van der Waals surface area contributed by atoms with Crippen LogP contribution >= 0.6 is 0 Å². The minimum Gasteiger partial charge on any atom is -0.396 e. The molecule has 0 saturated heterocycles. The lowest BCUT2D eigenvalue weighted by Crippen LogP contribution is -2.45. The van der Waals surface area contributed by atoms with Crippen molar-refractivity contribution >= 4 is 11.6 Å². The highest BCUT2D eigenvalue weighted by molar-refractivity contribution is 5.86. The fourth-order valence-electron chi connectivity index (χ4n) is 3.20. The zero-order chi connectivity index (χ0) is 21.0. The van der Waals surface area contributed by atoms with Gasteiger partial charge in [-0.1, -0.05) is 34.6 Å². The molecule has 27 heavy (non-hydrogen) atoms. The largest absolute Gasteiger partial charge is 0.396 e. The fourth-order valence-corrected chi connectivity index (χ4v) is 3.20. The highest BCUT2D eigenvalue weighted by atomic mass is 16.5. The maximum Gasteiger partial charge on any atom is 0.152 e. The van der Waals surface area contributed by atoms with E-state index in [9.17, 15) is 14.7 Å². The number of carbonyl (C=O) groups excluding carboxylic acids is 2. The van der Waals surface area contributed by atoms with Crippen molar-refractivity contribution in [3.63, 3.8) is 0 Å². The number of carbonyl (C=O) groups is 2. The minimum absolute atomic E-state index is 0.000696. The average molecular weight is 387 g/mol. The summed E-state index contributed by atoms with van der Waals surface area (Å²) in [7, 11) is 1.64. The van der Waals surface area contributed by atoms with Crippen LogP contribution in [0.5, 0.6) is 0 Å². The maximum atomic E-state index is 12.7. The van der Waals surface area contributed by atoms with Crippen molar-refractivity contribution in [1.82, 2.24) is 10.6 Å². The molecule has 0 aliphatic rings. The van der Waals surface area contributed by atoms with Gasteiger partial charge in [0.25, 0.3) is 0 Å². The van der Waals surface area contributed by atoms with Crippen LogP contribution in [0, 0.1) is 11.8 Å². The Hall–Kier alpha value is -0.820. The first-order chi connectivity index (χ1) is 12.6. The Bertz CT molecular complexity index is 426. The zero-order valence-corrected chi connectivity index (χ0v) is 18.4. The molecule has 2 unspecified atom stereocenters. The van der Waals surface area contributed by atoms with Gasteiger partial charge in [-0.2, -0.15) is 0 Å².